The van der Waals surface area contributed by atoms with Crippen LogP contribution in [0, 0.1) is 0 Å². The van der Waals surface area contributed by atoms with Gasteiger partial charge in [-0.2, -0.15) is 39.1 Å². The number of nitrogens with two attached hydrogens (primary N) is 1. The van der Waals surface area contributed by atoms with Crippen molar-refractivity contribution in [1.29, 1.82) is 0 Å². The van der Waals surface area contributed by atoms with Gasteiger partial charge in [0.2, 0.25) is 5.91 Å². The van der Waals surface area contributed by atoms with E-state index in [4.69, 9.17) is 5.14 Å². The average molecular weight is 447 g/mol. The van der Waals surface area contributed by atoms with Crippen LogP contribution in [0.15, 0.2) is 18.2 Å². The van der Waals surface area contributed by atoms with E-state index in [2.05, 4.69) is 5.32 Å². The number of halogens is 6. The summed E-state index contributed by atoms with van der Waals surface area (Å²) in [6, 6.07) is -0.179. The van der Waals surface area contributed by atoms with Crippen molar-refractivity contribution in [3.05, 3.63) is 34.9 Å². The van der Waals surface area contributed by atoms with Crippen LogP contribution in [0.4, 0.5) is 26.3 Å². The molecule has 0 bridgehead atoms. The Balaban J connectivity index is 2.41. The van der Waals surface area contributed by atoms with Gasteiger partial charge < -0.3 is 5.32 Å². The Bertz CT molecular complexity index is 864. The summed E-state index contributed by atoms with van der Waals surface area (Å²) >= 11 is 0. The molecule has 1 fully saturated rings. The fraction of sp³-hybridized carbons (Fsp3) is 0.562. The summed E-state index contributed by atoms with van der Waals surface area (Å²) in [6.45, 7) is 2.42. The van der Waals surface area contributed by atoms with Gasteiger partial charge in [-0.15, -0.1) is 0 Å². The maximum Gasteiger partial charge on any atom is 0.416 e. The standard InChI is InChI=1S/C16H19F6N3O3S/c1-14(2,24-13(26)12-4-3-5-25(12)29(23,27)28)9-6-10(15(17,18)19)8-11(7-9)16(20,21)22/h6-8,12H,3-5H2,1-2H3,(H,24,26)(H2,23,27,28)/t12-/m0/s1. The minimum atomic E-state index is -5.04. The first-order valence-corrected chi connectivity index (χ1v) is 9.85. The second-order valence-electron chi connectivity index (χ2n) is 7.22. The number of benzene rings is 1. The Labute approximate surface area is 163 Å². The van der Waals surface area contributed by atoms with E-state index < -0.39 is 56.7 Å². The van der Waals surface area contributed by atoms with Crippen LogP contribution in [0.25, 0.3) is 0 Å². The molecule has 164 valence electrons. The monoisotopic (exact) mass is 447 g/mol. The zero-order valence-corrected chi connectivity index (χ0v) is 16.2. The summed E-state index contributed by atoms with van der Waals surface area (Å²) in [4.78, 5) is 12.5. The molecule has 0 spiro atoms. The molecule has 6 nitrogen and oxygen atoms in total. The van der Waals surface area contributed by atoms with Crippen LogP contribution in [-0.4, -0.2) is 31.2 Å². The number of carbonyl (C=O) groups is 1. The highest BCUT2D eigenvalue weighted by Gasteiger charge is 2.41. The Morgan fingerprint density at radius 1 is 1.03 bits per heavy atom. The average Bonchev–Trinajstić information content (AvgIpc) is 3.02. The molecule has 1 atom stereocenters. The van der Waals surface area contributed by atoms with E-state index >= 15 is 0 Å². The predicted molar refractivity (Wildman–Crippen MR) is 90.4 cm³/mol. The van der Waals surface area contributed by atoms with E-state index in [1.807, 2.05) is 0 Å². The van der Waals surface area contributed by atoms with Gasteiger partial charge in [-0.1, -0.05) is 0 Å². The van der Waals surface area contributed by atoms with Crippen molar-refractivity contribution in [1.82, 2.24) is 9.62 Å². The molecule has 0 aliphatic carbocycles. The van der Waals surface area contributed by atoms with Crippen molar-refractivity contribution in [2.45, 2.75) is 50.6 Å². The number of nitrogens with zero attached hydrogens (tertiary/aromatic N) is 1. The van der Waals surface area contributed by atoms with Gasteiger partial charge in [-0.25, -0.2) is 5.14 Å². The Kier molecular flexibility index (Phi) is 6.00. The number of amides is 1. The summed E-state index contributed by atoms with van der Waals surface area (Å²) in [5.74, 6) is -0.868. The van der Waals surface area contributed by atoms with E-state index in [-0.39, 0.29) is 19.0 Å². The smallest absolute Gasteiger partial charge is 0.346 e. The lowest BCUT2D eigenvalue weighted by atomic mass is 9.90. The number of hydrogen-bond acceptors (Lipinski definition) is 3. The number of nitrogens with one attached hydrogen (secondary N) is 1. The van der Waals surface area contributed by atoms with Crippen LogP contribution in [0.5, 0.6) is 0 Å². The van der Waals surface area contributed by atoms with E-state index in [0.717, 1.165) is 4.31 Å². The molecule has 13 heteroatoms. The van der Waals surface area contributed by atoms with Crippen molar-refractivity contribution in [2.75, 3.05) is 6.54 Å². The number of carbonyl (C=O) groups excluding carboxylic acids is 1. The third-order valence-electron chi connectivity index (χ3n) is 4.58. The second-order valence-corrected chi connectivity index (χ2v) is 8.72. The van der Waals surface area contributed by atoms with Crippen molar-refractivity contribution < 1.29 is 39.6 Å². The third kappa shape index (κ3) is 5.39. The van der Waals surface area contributed by atoms with Crippen molar-refractivity contribution in [3.8, 4) is 0 Å². The first kappa shape index (κ1) is 23.4. The van der Waals surface area contributed by atoms with Crippen molar-refractivity contribution >= 4 is 16.1 Å². The highest BCUT2D eigenvalue weighted by Crippen LogP contribution is 2.38. The SMILES string of the molecule is CC(C)(NC(=O)[C@@H]1CCCN1S(N)(=O)=O)c1cc(C(F)(F)F)cc(C(F)(F)F)c1. The zero-order valence-electron chi connectivity index (χ0n) is 15.4. The Hall–Kier alpha value is -1.86. The molecule has 0 radical (unpaired) electrons. The second kappa shape index (κ2) is 7.43. The maximum atomic E-state index is 13.1. The minimum Gasteiger partial charge on any atom is -0.346 e. The van der Waals surface area contributed by atoms with Crippen LogP contribution >= 0.6 is 0 Å². The van der Waals surface area contributed by atoms with Gasteiger partial charge in [0.15, 0.2) is 0 Å². The summed E-state index contributed by atoms with van der Waals surface area (Å²) in [5, 5.41) is 7.39. The van der Waals surface area contributed by atoms with E-state index in [0.29, 0.717) is 18.6 Å². The van der Waals surface area contributed by atoms with E-state index in [1.165, 1.54) is 13.8 Å². The van der Waals surface area contributed by atoms with Crippen molar-refractivity contribution in [2.24, 2.45) is 5.14 Å². The fourth-order valence-electron chi connectivity index (χ4n) is 3.09. The molecule has 2 rings (SSSR count). The highest BCUT2D eigenvalue weighted by atomic mass is 32.2. The first-order chi connectivity index (χ1) is 12.9. The highest BCUT2D eigenvalue weighted by molar-refractivity contribution is 7.86. The molecule has 1 aliphatic rings. The molecule has 1 saturated heterocycles. The lowest BCUT2D eigenvalue weighted by molar-refractivity contribution is -0.143. The molecule has 1 aliphatic heterocycles. The molecule has 29 heavy (non-hydrogen) atoms. The lowest BCUT2D eigenvalue weighted by Crippen LogP contribution is -2.52. The third-order valence-corrected chi connectivity index (χ3v) is 5.67. The topological polar surface area (TPSA) is 92.5 Å². The first-order valence-electron chi connectivity index (χ1n) is 8.34. The van der Waals surface area contributed by atoms with Gasteiger partial charge in [0.25, 0.3) is 10.2 Å². The number of hydrogen-bond donors (Lipinski definition) is 2. The molecule has 0 aromatic heterocycles. The lowest BCUT2D eigenvalue weighted by Gasteiger charge is -2.31. The van der Waals surface area contributed by atoms with E-state index in [1.54, 1.807) is 0 Å². The molecule has 1 heterocycles. The minimum absolute atomic E-state index is 0.0128. The van der Waals surface area contributed by atoms with Gasteiger partial charge >= 0.3 is 12.4 Å². The quantitative estimate of drug-likeness (QED) is 0.696. The molecular formula is C16H19F6N3O3S. The summed E-state index contributed by atoms with van der Waals surface area (Å²) in [5.41, 5.74) is -5.13. The largest absolute Gasteiger partial charge is 0.416 e. The van der Waals surface area contributed by atoms with Gasteiger partial charge in [-0.3, -0.25) is 4.79 Å². The predicted octanol–water partition coefficient (Wildman–Crippen LogP) is 2.74. The normalized spacial score (nSPS) is 19.4. The van der Waals surface area contributed by atoms with Crippen LogP contribution in [0.2, 0.25) is 0 Å². The van der Waals surface area contributed by atoms with E-state index in [9.17, 15) is 39.6 Å². The number of alkyl halides is 6. The summed E-state index contributed by atoms with van der Waals surface area (Å²) < 4.78 is 102. The summed E-state index contributed by atoms with van der Waals surface area (Å²) in [6.07, 6.45) is -9.62. The van der Waals surface area contributed by atoms with Gasteiger partial charge in [0.1, 0.15) is 6.04 Å². The summed E-state index contributed by atoms with van der Waals surface area (Å²) in [7, 11) is -4.19. The zero-order chi connectivity index (χ0) is 22.4. The van der Waals surface area contributed by atoms with Gasteiger partial charge in [-0.05, 0) is 50.5 Å². The molecule has 1 amide bonds. The van der Waals surface area contributed by atoms with Crippen LogP contribution < -0.4 is 10.5 Å². The molecular weight excluding hydrogens is 428 g/mol. The van der Waals surface area contributed by atoms with Crippen LogP contribution in [0.1, 0.15) is 43.4 Å². The van der Waals surface area contributed by atoms with Gasteiger partial charge in [0, 0.05) is 6.54 Å². The fourth-order valence-corrected chi connectivity index (χ4v) is 4.03. The number of rotatable bonds is 4. The molecule has 0 unspecified atom stereocenters. The maximum absolute atomic E-state index is 13.1. The molecule has 1 aromatic rings. The molecule has 1 aromatic carbocycles. The van der Waals surface area contributed by atoms with Crippen LogP contribution in [0.3, 0.4) is 0 Å². The molecule has 3 N–H and O–H groups in total. The Morgan fingerprint density at radius 2 is 1.48 bits per heavy atom. The van der Waals surface area contributed by atoms with Crippen LogP contribution in [-0.2, 0) is 32.9 Å². The Morgan fingerprint density at radius 3 is 1.90 bits per heavy atom. The van der Waals surface area contributed by atoms with Gasteiger partial charge in [0.05, 0.1) is 16.7 Å². The van der Waals surface area contributed by atoms with Crippen molar-refractivity contribution in [3.63, 3.8) is 0 Å². The molecule has 0 saturated carbocycles.